The number of aliphatic hydroxyl groups is 1. The van der Waals surface area contributed by atoms with E-state index in [1.54, 1.807) is 36.6 Å². The number of hydrogen-bond donors (Lipinski definition) is 1. The number of halogens is 1. The molecule has 0 amide bonds. The lowest BCUT2D eigenvalue weighted by Gasteiger charge is -2.19. The molecule has 1 N–H and O–H groups in total. The number of para-hydroxylation sites is 1. The molecule has 2 aromatic heterocycles. The first-order chi connectivity index (χ1) is 17.3. The maximum Gasteiger partial charge on any atom is 0.175 e. The lowest BCUT2D eigenvalue weighted by Crippen LogP contribution is -2.30. The van der Waals surface area contributed by atoms with E-state index in [-0.39, 0.29) is 6.61 Å². The third kappa shape index (κ3) is 6.23. The Kier molecular flexibility index (Phi) is 8.61. The van der Waals surface area contributed by atoms with E-state index in [2.05, 4.69) is 4.90 Å². The Morgan fingerprint density at radius 2 is 1.83 bits per heavy atom. The van der Waals surface area contributed by atoms with Crippen LogP contribution in [0.3, 0.4) is 0 Å². The topological polar surface area (TPSA) is 84.7 Å². The van der Waals surface area contributed by atoms with E-state index in [0.717, 1.165) is 32.4 Å². The zero-order chi connectivity index (χ0) is 25.7. The van der Waals surface area contributed by atoms with E-state index in [1.165, 1.54) is 6.26 Å². The van der Waals surface area contributed by atoms with Gasteiger partial charge in [-0.15, -0.1) is 11.3 Å². The van der Waals surface area contributed by atoms with E-state index in [1.807, 2.05) is 53.2 Å². The van der Waals surface area contributed by atoms with E-state index in [0.29, 0.717) is 36.2 Å². The summed E-state index contributed by atoms with van der Waals surface area (Å²) in [6.07, 6.45) is 1.21. The molecule has 0 spiro atoms. The van der Waals surface area contributed by atoms with Crippen LogP contribution in [0.4, 0.5) is 0 Å². The fourth-order valence-electron chi connectivity index (χ4n) is 3.86. The SMILES string of the molecule is COCCN(CCO)Cc1cc(-c2ccc(-c3cccc(S(C)(=O)=O)c3)s2)n(-c2ccccc2Cl)n1. The predicted octanol–water partition coefficient (Wildman–Crippen LogP) is 4.77. The summed E-state index contributed by atoms with van der Waals surface area (Å²) in [7, 11) is -1.65. The van der Waals surface area contributed by atoms with Crippen molar-refractivity contribution in [3.8, 4) is 26.7 Å². The number of nitrogens with zero attached hydrogens (tertiary/aromatic N) is 3. The Balaban J connectivity index is 1.74. The van der Waals surface area contributed by atoms with Crippen LogP contribution >= 0.6 is 22.9 Å². The molecule has 0 aliphatic rings. The second-order valence-electron chi connectivity index (χ2n) is 8.34. The van der Waals surface area contributed by atoms with Gasteiger partial charge in [-0.3, -0.25) is 4.90 Å². The first-order valence-electron chi connectivity index (χ1n) is 11.4. The average Bonchev–Trinajstić information content (AvgIpc) is 3.50. The van der Waals surface area contributed by atoms with Crippen LogP contribution in [0.1, 0.15) is 5.69 Å². The molecule has 2 heterocycles. The number of ether oxygens (including phenoxy) is 1. The van der Waals surface area contributed by atoms with Crippen molar-refractivity contribution < 1.29 is 18.3 Å². The molecule has 190 valence electrons. The lowest BCUT2D eigenvalue weighted by molar-refractivity contribution is 0.126. The molecule has 0 radical (unpaired) electrons. The summed E-state index contributed by atoms with van der Waals surface area (Å²) in [6.45, 7) is 2.33. The fourth-order valence-corrected chi connectivity index (χ4v) is 5.75. The van der Waals surface area contributed by atoms with Crippen LogP contribution in [-0.4, -0.2) is 67.9 Å². The van der Waals surface area contributed by atoms with Crippen LogP contribution in [0.15, 0.2) is 71.6 Å². The van der Waals surface area contributed by atoms with E-state index in [9.17, 15) is 13.5 Å². The van der Waals surface area contributed by atoms with Crippen LogP contribution in [0.2, 0.25) is 5.02 Å². The van der Waals surface area contributed by atoms with Crippen molar-refractivity contribution in [2.24, 2.45) is 0 Å². The van der Waals surface area contributed by atoms with Crippen LogP contribution in [0.25, 0.3) is 26.7 Å². The highest BCUT2D eigenvalue weighted by atomic mass is 35.5. The van der Waals surface area contributed by atoms with Crippen molar-refractivity contribution in [3.63, 3.8) is 0 Å². The Bertz CT molecular complexity index is 1430. The summed E-state index contributed by atoms with van der Waals surface area (Å²) >= 11 is 8.10. The molecule has 0 saturated heterocycles. The third-order valence-electron chi connectivity index (χ3n) is 5.66. The number of methoxy groups -OCH3 is 1. The number of thiophene rings is 1. The van der Waals surface area contributed by atoms with Crippen molar-refractivity contribution in [1.29, 1.82) is 0 Å². The van der Waals surface area contributed by atoms with Crippen molar-refractivity contribution in [3.05, 3.63) is 77.4 Å². The molecule has 0 bridgehead atoms. The van der Waals surface area contributed by atoms with Gasteiger partial charge in [-0.1, -0.05) is 35.9 Å². The van der Waals surface area contributed by atoms with Crippen molar-refractivity contribution in [2.75, 3.05) is 39.7 Å². The summed E-state index contributed by atoms with van der Waals surface area (Å²) in [5, 5.41) is 14.9. The zero-order valence-corrected chi connectivity index (χ0v) is 22.5. The smallest absolute Gasteiger partial charge is 0.175 e. The third-order valence-corrected chi connectivity index (χ3v) is 8.25. The summed E-state index contributed by atoms with van der Waals surface area (Å²) in [5.74, 6) is 0. The zero-order valence-electron chi connectivity index (χ0n) is 20.1. The molecule has 4 rings (SSSR count). The molecule has 0 aliphatic carbocycles. The molecule has 36 heavy (non-hydrogen) atoms. The molecular weight excluding hydrogens is 518 g/mol. The number of aliphatic hydroxyl groups excluding tert-OH is 1. The molecule has 0 fully saturated rings. The van der Waals surface area contributed by atoms with Crippen molar-refractivity contribution in [1.82, 2.24) is 14.7 Å². The second kappa shape index (κ2) is 11.7. The summed E-state index contributed by atoms with van der Waals surface area (Å²) in [4.78, 5) is 4.30. The van der Waals surface area contributed by atoms with E-state index < -0.39 is 9.84 Å². The average molecular weight is 546 g/mol. The maximum absolute atomic E-state index is 12.0. The standard InChI is InChI=1S/C26H28ClN3O4S2/c1-34-15-13-29(12-14-31)18-20-17-24(30(28-20)23-9-4-3-8-22(23)27)26-11-10-25(35-26)19-6-5-7-21(16-19)36(2,32)33/h3-11,16-17,31H,12-15,18H2,1-2H3. The number of benzene rings is 2. The first-order valence-corrected chi connectivity index (χ1v) is 14.5. The van der Waals surface area contributed by atoms with Gasteiger partial charge in [0.05, 0.1) is 45.1 Å². The van der Waals surface area contributed by atoms with Gasteiger partial charge in [-0.05, 0) is 48.0 Å². The van der Waals surface area contributed by atoms with Crippen LogP contribution in [-0.2, 0) is 21.1 Å². The quantitative estimate of drug-likeness (QED) is 0.292. The Labute approximate surface area is 220 Å². The lowest BCUT2D eigenvalue weighted by atomic mass is 10.2. The van der Waals surface area contributed by atoms with Gasteiger partial charge >= 0.3 is 0 Å². The summed E-state index contributed by atoms with van der Waals surface area (Å²) in [6, 6.07) is 20.5. The van der Waals surface area contributed by atoms with Gasteiger partial charge in [0.1, 0.15) is 0 Å². The van der Waals surface area contributed by atoms with Crippen molar-refractivity contribution >= 4 is 32.8 Å². The molecule has 10 heteroatoms. The normalized spacial score (nSPS) is 11.9. The van der Waals surface area contributed by atoms with Crippen LogP contribution in [0.5, 0.6) is 0 Å². The van der Waals surface area contributed by atoms with Gasteiger partial charge in [0.15, 0.2) is 9.84 Å². The molecule has 0 unspecified atom stereocenters. The van der Waals surface area contributed by atoms with Crippen LogP contribution < -0.4 is 0 Å². The fraction of sp³-hybridized carbons (Fsp3) is 0.269. The van der Waals surface area contributed by atoms with Gasteiger partial charge < -0.3 is 9.84 Å². The predicted molar refractivity (Wildman–Crippen MR) is 145 cm³/mol. The highest BCUT2D eigenvalue weighted by Crippen LogP contribution is 2.37. The highest BCUT2D eigenvalue weighted by Gasteiger charge is 2.18. The second-order valence-corrected chi connectivity index (χ2v) is 11.8. The minimum atomic E-state index is -3.30. The van der Waals surface area contributed by atoms with Gasteiger partial charge in [-0.25, -0.2) is 13.1 Å². The molecule has 0 aliphatic heterocycles. The largest absolute Gasteiger partial charge is 0.395 e. The highest BCUT2D eigenvalue weighted by molar-refractivity contribution is 7.90. The summed E-state index contributed by atoms with van der Waals surface area (Å²) in [5.41, 5.74) is 3.32. The monoisotopic (exact) mass is 545 g/mol. The van der Waals surface area contributed by atoms with Crippen molar-refractivity contribution in [2.45, 2.75) is 11.4 Å². The minimum Gasteiger partial charge on any atom is -0.395 e. The molecule has 7 nitrogen and oxygen atoms in total. The van der Waals surface area contributed by atoms with Crippen LogP contribution in [0, 0.1) is 0 Å². The van der Waals surface area contributed by atoms with E-state index in [4.69, 9.17) is 21.4 Å². The summed E-state index contributed by atoms with van der Waals surface area (Å²) < 4.78 is 31.1. The van der Waals surface area contributed by atoms with Gasteiger partial charge in [0, 0.05) is 37.9 Å². The molecule has 0 atom stereocenters. The molecule has 0 saturated carbocycles. The number of aromatic nitrogens is 2. The van der Waals surface area contributed by atoms with E-state index >= 15 is 0 Å². The Morgan fingerprint density at radius 3 is 2.56 bits per heavy atom. The number of rotatable bonds is 11. The Morgan fingerprint density at radius 1 is 1.06 bits per heavy atom. The first kappa shape index (κ1) is 26.5. The van der Waals surface area contributed by atoms with Gasteiger partial charge in [-0.2, -0.15) is 5.10 Å². The number of hydrogen-bond acceptors (Lipinski definition) is 7. The number of sulfone groups is 1. The molecular formula is C26H28ClN3O4S2. The Hall–Kier alpha value is -2.53. The van der Waals surface area contributed by atoms with Gasteiger partial charge in [0.2, 0.25) is 0 Å². The maximum atomic E-state index is 12.0. The molecule has 2 aromatic carbocycles. The molecule has 4 aromatic rings. The minimum absolute atomic E-state index is 0.0443. The van der Waals surface area contributed by atoms with Gasteiger partial charge in [0.25, 0.3) is 0 Å².